The summed E-state index contributed by atoms with van der Waals surface area (Å²) in [7, 11) is 0. The molecule has 3 aliphatic rings. The molecule has 3 aliphatic heterocycles. The molecule has 0 spiro atoms. The number of hydrogen-bond acceptors (Lipinski definition) is 14. The van der Waals surface area contributed by atoms with Crippen molar-refractivity contribution in [3.05, 3.63) is 79.4 Å². The summed E-state index contributed by atoms with van der Waals surface area (Å²) >= 11 is 0. The summed E-state index contributed by atoms with van der Waals surface area (Å²) in [6, 6.07) is 5.83. The molecule has 0 unspecified atom stereocenters. The Kier molecular flexibility index (Phi) is 7.24. The second-order valence-corrected chi connectivity index (χ2v) is 11.4. The molecule has 4 aromatic rings. The highest BCUT2D eigenvalue weighted by molar-refractivity contribution is 5.95. The van der Waals surface area contributed by atoms with Gasteiger partial charge in [-0.25, -0.2) is 30.0 Å². The second kappa shape index (κ2) is 11.4. The van der Waals surface area contributed by atoms with Crippen LogP contribution in [-0.4, -0.2) is 83.8 Å². The van der Waals surface area contributed by atoms with Gasteiger partial charge in [-0.05, 0) is 30.7 Å². The second-order valence-electron chi connectivity index (χ2n) is 11.4. The number of esters is 1. The highest BCUT2D eigenvalue weighted by Gasteiger charge is 2.45. The highest BCUT2D eigenvalue weighted by atomic mass is 16.6. The lowest BCUT2D eigenvalue weighted by atomic mass is 9.86. The number of benzene rings is 1. The van der Waals surface area contributed by atoms with Crippen LogP contribution < -0.4 is 20.7 Å². The van der Waals surface area contributed by atoms with Crippen molar-refractivity contribution in [3.63, 3.8) is 0 Å². The molecule has 246 valence electrons. The first-order chi connectivity index (χ1) is 23.0. The maximum Gasteiger partial charge on any atom is 0.415 e. The Labute approximate surface area is 269 Å². The number of pyridine rings is 2. The summed E-state index contributed by atoms with van der Waals surface area (Å²) in [6.07, 6.45) is 1.70. The molecule has 1 atom stereocenters. The smallest absolute Gasteiger partial charge is 0.415 e. The van der Waals surface area contributed by atoms with E-state index in [0.717, 1.165) is 0 Å². The van der Waals surface area contributed by atoms with Crippen molar-refractivity contribution in [2.45, 2.75) is 32.1 Å². The van der Waals surface area contributed by atoms with Gasteiger partial charge in [0.1, 0.15) is 6.61 Å². The number of nitrogens with zero attached hydrogens (tertiary/aromatic N) is 7. The number of hydrogen-bond donors (Lipinski definition) is 3. The van der Waals surface area contributed by atoms with Crippen molar-refractivity contribution >= 4 is 40.5 Å². The van der Waals surface area contributed by atoms with Crippen LogP contribution in [0.2, 0.25) is 0 Å². The van der Waals surface area contributed by atoms with Crippen LogP contribution in [0.25, 0.3) is 22.3 Å². The van der Waals surface area contributed by atoms with Crippen LogP contribution in [0, 0.1) is 10.1 Å². The number of rotatable bonds is 5. The van der Waals surface area contributed by atoms with Crippen molar-refractivity contribution in [3.8, 4) is 17.1 Å². The molecule has 2 amide bonds. The van der Waals surface area contributed by atoms with Crippen molar-refractivity contribution in [1.82, 2.24) is 29.9 Å². The third-order valence-corrected chi connectivity index (χ3v) is 8.83. The van der Waals surface area contributed by atoms with Crippen molar-refractivity contribution in [2.75, 3.05) is 31.1 Å². The predicted molar refractivity (Wildman–Crippen MR) is 162 cm³/mol. The third-order valence-electron chi connectivity index (χ3n) is 8.83. The topological polar surface area (TPSA) is 232 Å². The number of carbonyl (C=O) groups excluding carboxylic acids is 3. The Balaban J connectivity index is 1.14. The van der Waals surface area contributed by atoms with Gasteiger partial charge in [0.15, 0.2) is 5.60 Å². The molecule has 0 radical (unpaired) electrons. The monoisotopic (exact) mass is 658 g/mol. The third kappa shape index (κ3) is 4.76. The van der Waals surface area contributed by atoms with Gasteiger partial charge in [0, 0.05) is 49.7 Å². The minimum absolute atomic E-state index is 0.0152. The lowest BCUT2D eigenvalue weighted by Gasteiger charge is -2.33. The number of amides is 2. The maximum absolute atomic E-state index is 13.5. The van der Waals surface area contributed by atoms with Gasteiger partial charge in [-0.15, -0.1) is 0 Å². The summed E-state index contributed by atoms with van der Waals surface area (Å²) in [5.74, 6) is -1.57. The zero-order chi connectivity index (χ0) is 33.9. The van der Waals surface area contributed by atoms with E-state index in [1.807, 2.05) is 0 Å². The Hall–Kier alpha value is -6.01. The lowest BCUT2D eigenvalue weighted by molar-refractivity contribution is -0.383. The van der Waals surface area contributed by atoms with E-state index in [0.29, 0.717) is 36.0 Å². The Bertz CT molecular complexity index is 2110. The lowest BCUT2D eigenvalue weighted by Crippen LogP contribution is -2.50. The number of aromatic nitrogens is 4. The van der Waals surface area contributed by atoms with Crippen LogP contribution in [0.1, 0.15) is 40.4 Å². The molecule has 48 heavy (non-hydrogen) atoms. The van der Waals surface area contributed by atoms with E-state index >= 15 is 0 Å². The minimum Gasteiger partial charge on any atom is -0.458 e. The van der Waals surface area contributed by atoms with Gasteiger partial charge >= 0.3 is 17.7 Å². The van der Waals surface area contributed by atoms with E-state index in [-0.39, 0.29) is 66.0 Å². The molecule has 1 saturated heterocycles. The van der Waals surface area contributed by atoms with Crippen LogP contribution in [-0.2, 0) is 28.3 Å². The molecular weight excluding hydrogens is 632 g/mol. The Morgan fingerprint density at radius 2 is 1.88 bits per heavy atom. The van der Waals surface area contributed by atoms with Gasteiger partial charge in [0.25, 0.3) is 11.5 Å². The van der Waals surface area contributed by atoms with Gasteiger partial charge in [-0.3, -0.25) is 24.9 Å². The first-order valence-corrected chi connectivity index (χ1v) is 14.8. The number of cyclic esters (lactones) is 1. The molecule has 0 bridgehead atoms. The molecule has 7 rings (SSSR count). The number of aliphatic hydroxyl groups is 1. The maximum atomic E-state index is 13.5. The summed E-state index contributed by atoms with van der Waals surface area (Å²) < 4.78 is 12.1. The average Bonchev–Trinajstić information content (AvgIpc) is 3.46. The molecule has 3 N–H and O–H groups in total. The standard InChI is InChI=1S/C30H26N8O10/c1-2-30(43)19-10-21-23-15(13-37(21)26(40)18(19)14-47-27(30)41)9-17-20(33-23)3-4-22(24(17)38(45)46)48-29(42)36-7-5-35(6-8-36)28-31-11-16(12-32-28)25(39)34-44/h3-4,9-12,43-44H,2,5-8,13-14H2,1H3,(H,34,39)/t30-/m0/s1. The number of piperazine rings is 1. The first-order valence-electron chi connectivity index (χ1n) is 14.8. The first kappa shape index (κ1) is 30.6. The number of carbonyl (C=O) groups is 3. The zero-order valence-electron chi connectivity index (χ0n) is 25.2. The van der Waals surface area contributed by atoms with E-state index in [2.05, 4.69) is 15.0 Å². The number of fused-ring (bicyclic) bond motifs is 5. The van der Waals surface area contributed by atoms with Crippen molar-refractivity contribution < 1.29 is 39.1 Å². The van der Waals surface area contributed by atoms with Crippen LogP contribution in [0.15, 0.2) is 41.5 Å². The van der Waals surface area contributed by atoms with Gasteiger partial charge in [0.05, 0.1) is 44.9 Å². The largest absolute Gasteiger partial charge is 0.458 e. The van der Waals surface area contributed by atoms with Crippen LogP contribution in [0.4, 0.5) is 16.4 Å². The fourth-order valence-electron chi connectivity index (χ4n) is 6.20. The van der Waals surface area contributed by atoms with Gasteiger partial charge < -0.3 is 28.9 Å². The summed E-state index contributed by atoms with van der Waals surface area (Å²) in [5.41, 5.74) is 0.353. The SMILES string of the molecule is CC[C@@]1(O)C(=O)OCc2c1cc1n(c2=O)Cc2cc3c([N+](=O)[O-])c(OC(=O)N4CCN(c5ncc(C(=O)NO)cn5)CC4)ccc3nc2-1. The van der Waals surface area contributed by atoms with E-state index in [1.165, 1.54) is 45.5 Å². The molecule has 3 aromatic heterocycles. The molecule has 0 aliphatic carbocycles. The molecule has 0 saturated carbocycles. The average molecular weight is 659 g/mol. The summed E-state index contributed by atoms with van der Waals surface area (Å²) in [5, 5.41) is 32.3. The van der Waals surface area contributed by atoms with E-state index in [9.17, 15) is 34.4 Å². The quantitative estimate of drug-likeness (QED) is 0.104. The van der Waals surface area contributed by atoms with Crippen LogP contribution >= 0.6 is 0 Å². The number of nitro groups is 1. The fourth-order valence-corrected chi connectivity index (χ4v) is 6.20. The van der Waals surface area contributed by atoms with Gasteiger partial charge in [0.2, 0.25) is 11.7 Å². The molecular formula is C30H26N8O10. The number of nitrogens with one attached hydrogen (secondary N) is 1. The Morgan fingerprint density at radius 3 is 2.54 bits per heavy atom. The van der Waals surface area contributed by atoms with Crippen molar-refractivity contribution in [2.24, 2.45) is 0 Å². The van der Waals surface area contributed by atoms with E-state index in [4.69, 9.17) is 14.7 Å². The summed E-state index contributed by atoms with van der Waals surface area (Å²) in [6.45, 7) is 2.36. The zero-order valence-corrected chi connectivity index (χ0v) is 25.2. The van der Waals surface area contributed by atoms with Crippen LogP contribution in [0.5, 0.6) is 5.75 Å². The normalized spacial score (nSPS) is 18.1. The number of hydroxylamine groups is 1. The van der Waals surface area contributed by atoms with Gasteiger partial charge in [-0.1, -0.05) is 6.92 Å². The molecule has 1 aromatic carbocycles. The highest BCUT2D eigenvalue weighted by Crippen LogP contribution is 2.41. The number of anilines is 1. The molecule has 18 heteroatoms. The van der Waals surface area contributed by atoms with Gasteiger partial charge in [-0.2, -0.15) is 0 Å². The minimum atomic E-state index is -1.99. The molecule has 18 nitrogen and oxygen atoms in total. The predicted octanol–water partition coefficient (Wildman–Crippen LogP) is 1.22. The van der Waals surface area contributed by atoms with Crippen molar-refractivity contribution in [1.29, 1.82) is 0 Å². The molecule has 6 heterocycles. The molecule has 1 fully saturated rings. The number of ether oxygens (including phenoxy) is 2. The van der Waals surface area contributed by atoms with E-state index < -0.39 is 39.7 Å². The fraction of sp³-hybridized carbons (Fsp3) is 0.300. The Morgan fingerprint density at radius 1 is 1.15 bits per heavy atom. The number of nitro benzene ring substituents is 1. The van der Waals surface area contributed by atoms with E-state index in [1.54, 1.807) is 17.9 Å². The van der Waals surface area contributed by atoms with Crippen LogP contribution in [0.3, 0.4) is 0 Å². The summed E-state index contributed by atoms with van der Waals surface area (Å²) in [4.78, 5) is 78.3.